The van der Waals surface area contributed by atoms with E-state index in [4.69, 9.17) is 0 Å². The maximum Gasteiger partial charge on any atom is 0.245 e. The third-order valence-corrected chi connectivity index (χ3v) is 3.11. The van der Waals surface area contributed by atoms with Crippen LogP contribution in [0.3, 0.4) is 0 Å². The van der Waals surface area contributed by atoms with Gasteiger partial charge in [-0.2, -0.15) is 0 Å². The number of nitro groups is 1. The smallest absolute Gasteiger partial charge is 0.245 e. The third-order valence-electron chi connectivity index (χ3n) is 3.11. The van der Waals surface area contributed by atoms with Gasteiger partial charge in [0.2, 0.25) is 5.70 Å². The molecule has 3 nitrogen and oxygen atoms in total. The number of hydrogen-bond donors (Lipinski definition) is 0. The predicted molar refractivity (Wildman–Crippen MR) is 61.1 cm³/mol. The van der Waals surface area contributed by atoms with Crippen LogP contribution in [0.15, 0.2) is 11.8 Å². The van der Waals surface area contributed by atoms with Gasteiger partial charge in [0.25, 0.3) is 0 Å². The van der Waals surface area contributed by atoms with Crippen molar-refractivity contribution in [2.24, 2.45) is 11.8 Å². The number of rotatable bonds is 3. The molecule has 15 heavy (non-hydrogen) atoms. The van der Waals surface area contributed by atoms with Crippen molar-refractivity contribution in [3.8, 4) is 0 Å². The van der Waals surface area contributed by atoms with Crippen molar-refractivity contribution >= 4 is 0 Å². The molecule has 0 amide bonds. The summed E-state index contributed by atoms with van der Waals surface area (Å²) >= 11 is 0. The van der Waals surface area contributed by atoms with Crippen molar-refractivity contribution in [1.29, 1.82) is 0 Å². The highest BCUT2D eigenvalue weighted by atomic mass is 16.6. The molecule has 1 fully saturated rings. The summed E-state index contributed by atoms with van der Waals surface area (Å²) in [6.07, 6.45) is 9.21. The summed E-state index contributed by atoms with van der Waals surface area (Å²) in [6, 6.07) is 0. The summed E-state index contributed by atoms with van der Waals surface area (Å²) < 4.78 is 0. The Morgan fingerprint density at radius 3 is 2.20 bits per heavy atom. The van der Waals surface area contributed by atoms with Gasteiger partial charge < -0.3 is 0 Å². The molecular formula is C12H21NO2. The van der Waals surface area contributed by atoms with Gasteiger partial charge in [0.1, 0.15) is 0 Å². The van der Waals surface area contributed by atoms with Crippen LogP contribution in [0.4, 0.5) is 0 Å². The van der Waals surface area contributed by atoms with E-state index in [0.29, 0.717) is 11.6 Å². The van der Waals surface area contributed by atoms with Crippen molar-refractivity contribution in [1.82, 2.24) is 0 Å². The van der Waals surface area contributed by atoms with Crippen molar-refractivity contribution in [3.63, 3.8) is 0 Å². The molecule has 86 valence electrons. The molecule has 0 bridgehead atoms. The van der Waals surface area contributed by atoms with Gasteiger partial charge in [-0.1, -0.05) is 39.5 Å². The molecule has 0 radical (unpaired) electrons. The Morgan fingerprint density at radius 1 is 1.27 bits per heavy atom. The number of allylic oxidation sites excluding steroid dienone is 2. The van der Waals surface area contributed by atoms with E-state index in [1.165, 1.54) is 25.7 Å². The van der Waals surface area contributed by atoms with E-state index in [1.54, 1.807) is 0 Å². The van der Waals surface area contributed by atoms with Crippen LogP contribution in [0.5, 0.6) is 0 Å². The zero-order valence-electron chi connectivity index (χ0n) is 9.74. The van der Waals surface area contributed by atoms with Crippen LogP contribution in [0.25, 0.3) is 0 Å². The molecule has 0 aliphatic heterocycles. The first-order valence-electron chi connectivity index (χ1n) is 5.97. The van der Waals surface area contributed by atoms with Gasteiger partial charge in [-0.05, 0) is 24.8 Å². The Morgan fingerprint density at radius 2 is 1.80 bits per heavy atom. The van der Waals surface area contributed by atoms with Gasteiger partial charge in [0.05, 0.1) is 4.92 Å². The second-order valence-corrected chi connectivity index (χ2v) is 4.75. The summed E-state index contributed by atoms with van der Waals surface area (Å²) in [4.78, 5) is 10.6. The largest absolute Gasteiger partial charge is 0.259 e. The molecular weight excluding hydrogens is 190 g/mol. The first-order valence-corrected chi connectivity index (χ1v) is 5.97. The molecule has 1 aliphatic rings. The molecule has 0 unspecified atom stereocenters. The quantitative estimate of drug-likeness (QED) is 0.405. The van der Waals surface area contributed by atoms with Crippen LogP contribution in [0.1, 0.15) is 52.4 Å². The molecule has 0 aromatic rings. The van der Waals surface area contributed by atoms with Crippen molar-refractivity contribution in [3.05, 3.63) is 21.9 Å². The van der Waals surface area contributed by atoms with E-state index < -0.39 is 0 Å². The van der Waals surface area contributed by atoms with E-state index in [2.05, 4.69) is 0 Å². The summed E-state index contributed by atoms with van der Waals surface area (Å²) in [6.45, 7) is 3.79. The normalized spacial score (nSPS) is 20.3. The minimum atomic E-state index is -0.213. The molecule has 0 spiro atoms. The lowest BCUT2D eigenvalue weighted by Crippen LogP contribution is -2.08. The minimum absolute atomic E-state index is 0.0308. The maximum atomic E-state index is 10.8. The monoisotopic (exact) mass is 211 g/mol. The van der Waals surface area contributed by atoms with Gasteiger partial charge in [-0.3, -0.25) is 10.1 Å². The van der Waals surface area contributed by atoms with Crippen molar-refractivity contribution in [2.45, 2.75) is 52.4 Å². The van der Waals surface area contributed by atoms with E-state index in [1.807, 2.05) is 19.9 Å². The Kier molecular flexibility index (Phi) is 4.79. The second kappa shape index (κ2) is 5.89. The SMILES string of the molecule is CC(C)C(=CC1CCCCCC1)[N+](=O)[O-]. The Hall–Kier alpha value is -0.860. The highest BCUT2D eigenvalue weighted by Crippen LogP contribution is 2.26. The molecule has 0 saturated heterocycles. The Labute approximate surface area is 91.7 Å². The third kappa shape index (κ3) is 4.02. The van der Waals surface area contributed by atoms with Crippen molar-refractivity contribution in [2.75, 3.05) is 0 Å². The predicted octanol–water partition coefficient (Wildman–Crippen LogP) is 3.77. The molecule has 0 atom stereocenters. The molecule has 1 saturated carbocycles. The number of nitrogens with zero attached hydrogens (tertiary/aromatic N) is 1. The lowest BCUT2D eigenvalue weighted by molar-refractivity contribution is -0.433. The van der Waals surface area contributed by atoms with Crippen LogP contribution < -0.4 is 0 Å². The van der Waals surface area contributed by atoms with E-state index in [9.17, 15) is 10.1 Å². The van der Waals surface area contributed by atoms with Crippen LogP contribution in [0, 0.1) is 22.0 Å². The first-order chi connectivity index (χ1) is 7.11. The van der Waals surface area contributed by atoms with Crippen LogP contribution >= 0.6 is 0 Å². The fourth-order valence-electron chi connectivity index (χ4n) is 2.18. The Bertz CT molecular complexity index is 238. The molecule has 1 rings (SSSR count). The van der Waals surface area contributed by atoms with Gasteiger partial charge in [0, 0.05) is 5.92 Å². The van der Waals surface area contributed by atoms with Gasteiger partial charge in [0.15, 0.2) is 0 Å². The molecule has 1 aliphatic carbocycles. The average Bonchev–Trinajstić information content (AvgIpc) is 2.41. The Balaban J connectivity index is 2.67. The summed E-state index contributed by atoms with van der Waals surface area (Å²) in [5.74, 6) is 0.471. The fourth-order valence-corrected chi connectivity index (χ4v) is 2.18. The second-order valence-electron chi connectivity index (χ2n) is 4.75. The summed E-state index contributed by atoms with van der Waals surface area (Å²) in [5, 5.41) is 10.8. The van der Waals surface area contributed by atoms with Crippen LogP contribution in [0.2, 0.25) is 0 Å². The standard InChI is InChI=1S/C12H21NO2/c1-10(2)12(13(14)15)9-11-7-5-3-4-6-8-11/h9-11H,3-8H2,1-2H3. The molecule has 3 heteroatoms. The van der Waals surface area contributed by atoms with E-state index in [0.717, 1.165) is 12.8 Å². The molecule has 0 heterocycles. The van der Waals surface area contributed by atoms with Gasteiger partial charge in [-0.15, -0.1) is 0 Å². The zero-order chi connectivity index (χ0) is 11.3. The number of hydrogen-bond acceptors (Lipinski definition) is 2. The molecule has 0 aromatic carbocycles. The summed E-state index contributed by atoms with van der Waals surface area (Å²) in [7, 11) is 0. The van der Waals surface area contributed by atoms with Gasteiger partial charge in [-0.25, -0.2) is 0 Å². The molecule has 0 N–H and O–H groups in total. The minimum Gasteiger partial charge on any atom is -0.259 e. The van der Waals surface area contributed by atoms with E-state index >= 15 is 0 Å². The highest BCUT2D eigenvalue weighted by Gasteiger charge is 2.19. The van der Waals surface area contributed by atoms with Crippen LogP contribution in [-0.2, 0) is 0 Å². The van der Waals surface area contributed by atoms with Crippen molar-refractivity contribution < 1.29 is 4.92 Å². The zero-order valence-corrected chi connectivity index (χ0v) is 9.74. The highest BCUT2D eigenvalue weighted by molar-refractivity contribution is 4.98. The average molecular weight is 211 g/mol. The fraction of sp³-hybridized carbons (Fsp3) is 0.833. The summed E-state index contributed by atoms with van der Waals surface area (Å²) in [5.41, 5.74) is 0.405. The molecule has 0 aromatic heterocycles. The lowest BCUT2D eigenvalue weighted by Gasteiger charge is -2.09. The maximum absolute atomic E-state index is 10.8. The first kappa shape index (κ1) is 12.2. The van der Waals surface area contributed by atoms with E-state index in [-0.39, 0.29) is 10.8 Å². The topological polar surface area (TPSA) is 43.1 Å². The van der Waals surface area contributed by atoms with Gasteiger partial charge >= 0.3 is 0 Å². The lowest BCUT2D eigenvalue weighted by atomic mass is 9.96. The van der Waals surface area contributed by atoms with Crippen LogP contribution in [-0.4, -0.2) is 4.92 Å².